The minimum absolute atomic E-state index is 0.00753. The first-order chi connectivity index (χ1) is 55.9. The molecule has 118 heavy (non-hydrogen) atoms. The summed E-state index contributed by atoms with van der Waals surface area (Å²) in [4.78, 5) is 110. The van der Waals surface area contributed by atoms with Gasteiger partial charge in [-0.15, -0.1) is 0 Å². The van der Waals surface area contributed by atoms with Crippen LogP contribution in [0.5, 0.6) is 0 Å². The molecule has 6 saturated heterocycles. The van der Waals surface area contributed by atoms with Crippen molar-refractivity contribution < 1.29 is 202 Å². The zero-order chi connectivity index (χ0) is 87.9. The normalized spacial score (nSPS) is 35.7. The molecule has 0 bridgehead atoms. The average molecular weight is 1720 g/mol. The third-order valence-electron chi connectivity index (χ3n) is 20.0. The molecule has 6 rings (SSSR count). The maximum absolute atomic E-state index is 12.6. The number of rotatable bonds is 47. The molecule has 6 heterocycles. The van der Waals surface area contributed by atoms with Crippen molar-refractivity contribution in [1.82, 2.24) is 32.1 Å². The highest BCUT2D eigenvalue weighted by Crippen LogP contribution is 2.34. The second-order valence-corrected chi connectivity index (χ2v) is 29.3. The molecule has 0 aliphatic carbocycles. The number of amides is 5. The number of Topliss-reactive ketones (excluding diaryl/α,β-unsaturated/α-hetero) is 4. The molecule has 48 nitrogen and oxygen atoms in total. The van der Waals surface area contributed by atoms with E-state index in [4.69, 9.17) is 62.6 Å². The minimum Gasteiger partial charge on any atom is -0.394 e. The van der Waals surface area contributed by atoms with E-state index in [1.807, 2.05) is 0 Å². The monoisotopic (exact) mass is 1720 g/mol. The molecule has 6 fully saturated rings. The van der Waals surface area contributed by atoms with Gasteiger partial charge in [0.05, 0.1) is 72.0 Å². The number of ketones is 4. The third-order valence-corrected chi connectivity index (χ3v) is 20.0. The van der Waals surface area contributed by atoms with E-state index < -0.39 is 278 Å². The molecule has 33 atom stereocenters. The number of hydrazine groups is 1. The maximum atomic E-state index is 12.6. The molecule has 0 unspecified atom stereocenters. The summed E-state index contributed by atoms with van der Waals surface area (Å²) in [6.45, 7) is 0.850. The van der Waals surface area contributed by atoms with E-state index in [2.05, 4.69) is 32.1 Å². The van der Waals surface area contributed by atoms with Gasteiger partial charge in [-0.1, -0.05) is 20.3 Å². The number of carbonyl (C=O) groups excluding carboxylic acids is 9. The Bertz CT molecular complexity index is 3070. The predicted molar refractivity (Wildman–Crippen MR) is 387 cm³/mol. The summed E-state index contributed by atoms with van der Waals surface area (Å²) in [7, 11) is 0. The highest BCUT2D eigenvalue weighted by atomic mass is 16.8. The molecule has 5 amide bonds. The Morgan fingerprint density at radius 1 is 0.381 bits per heavy atom. The number of hydrogen-bond donors (Lipinski definition) is 27. The molecule has 0 aromatic heterocycles. The fourth-order valence-electron chi connectivity index (χ4n) is 12.8. The smallest absolute Gasteiger partial charge is 0.239 e. The van der Waals surface area contributed by atoms with Crippen molar-refractivity contribution in [1.29, 1.82) is 0 Å². The molecule has 0 aromatic rings. The molecule has 0 spiro atoms. The van der Waals surface area contributed by atoms with Gasteiger partial charge in [-0.05, 0) is 39.7 Å². The summed E-state index contributed by atoms with van der Waals surface area (Å²) in [6, 6.07) is -0.598. The van der Waals surface area contributed by atoms with Crippen LogP contribution in [0.3, 0.4) is 0 Å². The van der Waals surface area contributed by atoms with Crippen LogP contribution in [0.2, 0.25) is 0 Å². The Balaban J connectivity index is 0.000000424. The molecule has 6 aliphatic heterocycles. The van der Waals surface area contributed by atoms with Gasteiger partial charge in [0.15, 0.2) is 43.5 Å². The molecule has 0 radical (unpaired) electrons. The van der Waals surface area contributed by atoms with Crippen molar-refractivity contribution in [3.63, 3.8) is 0 Å². The van der Waals surface area contributed by atoms with Crippen molar-refractivity contribution in [2.45, 2.75) is 289 Å². The lowest BCUT2D eigenvalue weighted by molar-refractivity contribution is -0.366. The molecular weight excluding hydrogens is 1590 g/mol. The van der Waals surface area contributed by atoms with Crippen LogP contribution < -0.4 is 37.9 Å². The lowest BCUT2D eigenvalue weighted by atomic mass is 9.96. The van der Waals surface area contributed by atoms with Crippen molar-refractivity contribution in [2.75, 3.05) is 85.6 Å². The summed E-state index contributed by atoms with van der Waals surface area (Å²) in [5.74, 6) is -5.46. The van der Waals surface area contributed by atoms with Crippen molar-refractivity contribution in [3.8, 4) is 0 Å². The number of unbranched alkanes of at least 4 members (excludes halogenated alkanes) is 1. The number of carbonyl (C=O) groups is 9. The van der Waals surface area contributed by atoms with Gasteiger partial charge in [-0.25, -0.2) is 5.43 Å². The standard InChI is InChI=1S/C37H65N5O21.C33H56N2O20/c1-16(11-18(46)6-7-23(47)42-41-19(17(2)45)5-3-4-8-38)34(57)40-12-24(48)39-9-10-58-36-32(56)33(63-37-31(55)29(53)26(50)21(14-44)61-37)27(51)22(62-36)15-59-35-30(54)28(52)25(49)20(13-43)60-35;1-3-34-20(40)7-6-15(38)9-14(2)30(49)35-10-16(39)5-4-8-50-32-28(48)29(55-33-27(47)25(45)22(42)18(12-37)53-33)23(43)19(54-32)13-51-31-26(46)24(44)21(41)17(11-36)52-31/h16,19-22,25-33,35-37,41,43-44,49-56H,3-15,38H2,1-2H3,(H,39,48)(H,40,57)(H,42,47);14,17-19,21-29,31-33,36-37,41-48H,3-13H2,1-2H3,(H,34,40)(H,35,49)/t16-,19+,20-,21-,22-,25-,26-,27-,28+,29+,30+,31+,32+,33+,35+,36+,37-;14-,17-,18-,19-,21-,22-,23-,24+,25+,26+,27+,28+,29+,31+,32+,33-/m11/s1. The highest BCUT2D eigenvalue weighted by molar-refractivity contribution is 5.92. The number of nitrogens with one attached hydrogen (secondary N) is 6. The molecule has 0 aromatic carbocycles. The lowest BCUT2D eigenvalue weighted by Crippen LogP contribution is -2.65. The van der Waals surface area contributed by atoms with E-state index in [-0.39, 0.29) is 101 Å². The molecule has 28 N–H and O–H groups in total. The second-order valence-electron chi connectivity index (χ2n) is 29.3. The number of nitrogens with two attached hydrogens (primary N) is 1. The van der Waals surface area contributed by atoms with Gasteiger partial charge >= 0.3 is 0 Å². The van der Waals surface area contributed by atoms with Crippen molar-refractivity contribution >= 4 is 52.7 Å². The van der Waals surface area contributed by atoms with Crippen molar-refractivity contribution in [2.24, 2.45) is 17.6 Å². The molecule has 0 saturated carbocycles. The van der Waals surface area contributed by atoms with E-state index in [1.165, 1.54) is 20.8 Å². The van der Waals surface area contributed by atoms with Crippen LogP contribution in [0.1, 0.15) is 98.3 Å². The quantitative estimate of drug-likeness (QED) is 0.0199. The number of ether oxygens (including phenoxy) is 12. The van der Waals surface area contributed by atoms with Crippen molar-refractivity contribution in [3.05, 3.63) is 0 Å². The van der Waals surface area contributed by atoms with Crippen LogP contribution in [0.15, 0.2) is 0 Å². The maximum Gasteiger partial charge on any atom is 0.239 e. The average Bonchev–Trinajstić information content (AvgIpc) is 0.789. The number of hydrogen-bond acceptors (Lipinski definition) is 43. The van der Waals surface area contributed by atoms with E-state index >= 15 is 0 Å². The Morgan fingerprint density at radius 2 is 0.763 bits per heavy atom. The number of aliphatic hydroxyl groups is 20. The zero-order valence-corrected chi connectivity index (χ0v) is 65.6. The fraction of sp³-hybridized carbons (Fsp3) is 0.871. The number of aliphatic hydroxyl groups excluding tert-OH is 20. The molecule has 48 heteroatoms. The van der Waals surface area contributed by atoms with Crippen LogP contribution in [-0.2, 0) is 100.0 Å². The Labute approximate surface area is 676 Å². The largest absolute Gasteiger partial charge is 0.394 e. The first kappa shape index (κ1) is 103. The van der Waals surface area contributed by atoms with Crippen LogP contribution in [-0.4, -0.2) is 431 Å². The highest BCUT2D eigenvalue weighted by Gasteiger charge is 2.55. The van der Waals surface area contributed by atoms with Gasteiger partial charge in [0.1, 0.15) is 164 Å². The van der Waals surface area contributed by atoms with Gasteiger partial charge in [0.2, 0.25) is 29.5 Å². The van der Waals surface area contributed by atoms with Gasteiger partial charge in [-0.3, -0.25) is 48.6 Å². The SMILES string of the molecule is CC(=O)[C@H](CCCCN)NNC(=O)CCC(=O)C[C@@H](C)C(=O)NCC(=O)NCCO[C@H]1O[C@H](CO[C@H]2O[C@H](CO)[C@@H](O)[C@H](O)[C@@H]2O)[C@@H](O)[C@H](O[C@H]2O[C@H](CO)[C@@H](O)[C@H](O)[C@@H]2O)[C@@H]1O.CCNC(=O)CCC(=O)C[C@@H](C)C(=O)NCC(=O)CCCO[C@H]1O[C@H](CO[C@H]2O[C@H](CO)[C@@H](O)[C@H](O)[C@@H]2O)[C@@H](O)[C@H](O[C@H]2O[C@H](CO)[C@@H](O)[C@H](O)[C@@H]2O)[C@@H]1O. The second kappa shape index (κ2) is 51.7. The molecular formula is C70H121N7O41. The van der Waals surface area contributed by atoms with Gasteiger partial charge in [0.25, 0.3) is 0 Å². The van der Waals surface area contributed by atoms with Crippen LogP contribution in [0.4, 0.5) is 0 Å². The lowest BCUT2D eigenvalue weighted by Gasteiger charge is -2.46. The summed E-state index contributed by atoms with van der Waals surface area (Å²) < 4.78 is 66.3. The Kier molecular flexibility index (Phi) is 45.2. The van der Waals surface area contributed by atoms with E-state index in [0.717, 1.165) is 6.42 Å². The Morgan fingerprint density at radius 3 is 1.17 bits per heavy atom. The van der Waals surface area contributed by atoms with E-state index in [0.29, 0.717) is 25.9 Å². The van der Waals surface area contributed by atoms with Gasteiger partial charge in [0, 0.05) is 69.9 Å². The third kappa shape index (κ3) is 30.9. The fourth-order valence-corrected chi connectivity index (χ4v) is 12.8. The van der Waals surface area contributed by atoms with Crippen LogP contribution >= 0.6 is 0 Å². The summed E-state index contributed by atoms with van der Waals surface area (Å²) in [5, 5.41) is 215. The van der Waals surface area contributed by atoms with E-state index in [9.17, 15) is 145 Å². The molecule has 6 aliphatic rings. The first-order valence-corrected chi connectivity index (χ1v) is 38.8. The topological polar surface area (TPSA) is 767 Å². The summed E-state index contributed by atoms with van der Waals surface area (Å²) in [6.07, 6.45) is -50.3. The summed E-state index contributed by atoms with van der Waals surface area (Å²) in [5.41, 5.74) is 10.6. The molecule has 682 valence electrons. The zero-order valence-electron chi connectivity index (χ0n) is 65.6. The Hall–Kier alpha value is -5.33. The van der Waals surface area contributed by atoms with Gasteiger partial charge < -0.3 is 186 Å². The predicted octanol–water partition coefficient (Wildman–Crippen LogP) is -14.8. The van der Waals surface area contributed by atoms with E-state index in [1.54, 1.807) is 6.92 Å². The minimum atomic E-state index is -1.95. The van der Waals surface area contributed by atoms with Gasteiger partial charge in [-0.2, -0.15) is 0 Å². The van der Waals surface area contributed by atoms with Crippen LogP contribution in [0.25, 0.3) is 0 Å². The summed E-state index contributed by atoms with van der Waals surface area (Å²) >= 11 is 0. The van der Waals surface area contributed by atoms with Crippen LogP contribution in [0, 0.1) is 11.8 Å². The first-order valence-electron chi connectivity index (χ1n) is 38.8.